The van der Waals surface area contributed by atoms with E-state index in [0.717, 1.165) is 11.1 Å². The van der Waals surface area contributed by atoms with Crippen LogP contribution in [0, 0.1) is 11.3 Å². The second kappa shape index (κ2) is 6.27. The van der Waals surface area contributed by atoms with Crippen molar-refractivity contribution < 1.29 is 9.53 Å². The van der Waals surface area contributed by atoms with E-state index in [2.05, 4.69) is 0 Å². The van der Waals surface area contributed by atoms with E-state index < -0.39 is 0 Å². The van der Waals surface area contributed by atoms with Gasteiger partial charge in [0.05, 0.1) is 23.8 Å². The normalized spacial score (nSPS) is 9.76. The number of benzene rings is 1. The van der Waals surface area contributed by atoms with Crippen LogP contribution in [0.25, 0.3) is 0 Å². The molecule has 0 aliphatic carbocycles. The summed E-state index contributed by atoms with van der Waals surface area (Å²) in [6.07, 6.45) is 0.698. The van der Waals surface area contributed by atoms with Crippen molar-refractivity contribution in [3.05, 3.63) is 34.4 Å². The van der Waals surface area contributed by atoms with Gasteiger partial charge in [0, 0.05) is 5.88 Å². The molecule has 17 heavy (non-hydrogen) atoms. The third-order valence-corrected chi connectivity index (χ3v) is 2.76. The summed E-state index contributed by atoms with van der Waals surface area (Å²) in [5.74, 6) is -0.124. The number of alkyl halides is 1. The molecule has 0 saturated heterocycles. The van der Waals surface area contributed by atoms with Crippen molar-refractivity contribution in [2.24, 2.45) is 0 Å². The van der Waals surface area contributed by atoms with Crippen LogP contribution in [-0.2, 0) is 17.0 Å². The molecule has 0 atom stereocenters. The molecule has 90 valence electrons. The zero-order valence-electron chi connectivity index (χ0n) is 9.92. The number of ether oxygens (including phenoxy) is 1. The molecule has 0 spiro atoms. The average molecular weight is 252 g/mol. The first-order chi connectivity index (χ1) is 8.17. The fourth-order valence-electron chi connectivity index (χ4n) is 1.60. The Balaban J connectivity index is 3.29. The summed E-state index contributed by atoms with van der Waals surface area (Å²) in [6.45, 7) is 4.02. The Morgan fingerprint density at radius 3 is 2.59 bits per heavy atom. The molecule has 0 N–H and O–H groups in total. The van der Waals surface area contributed by atoms with E-state index in [0.29, 0.717) is 24.2 Å². The van der Waals surface area contributed by atoms with Crippen LogP contribution in [0.15, 0.2) is 12.1 Å². The van der Waals surface area contributed by atoms with Crippen molar-refractivity contribution in [1.82, 2.24) is 0 Å². The molecule has 1 rings (SSSR count). The molecule has 0 aliphatic heterocycles. The Kier molecular flexibility index (Phi) is 4.99. The molecule has 0 bridgehead atoms. The number of carbonyl (C=O) groups is 1. The highest BCUT2D eigenvalue weighted by Crippen LogP contribution is 2.20. The van der Waals surface area contributed by atoms with E-state index in [1.54, 1.807) is 19.1 Å². The number of aryl methyl sites for hydroxylation is 1. The molecular formula is C13H14ClNO2. The molecule has 0 amide bonds. The van der Waals surface area contributed by atoms with Crippen molar-refractivity contribution in [3.63, 3.8) is 0 Å². The predicted octanol–water partition coefficient (Wildman–Crippen LogP) is 3.04. The van der Waals surface area contributed by atoms with Crippen molar-refractivity contribution in [2.75, 3.05) is 6.61 Å². The van der Waals surface area contributed by atoms with Crippen LogP contribution in [0.5, 0.6) is 0 Å². The maximum atomic E-state index is 11.7. The van der Waals surface area contributed by atoms with Crippen LogP contribution in [-0.4, -0.2) is 12.6 Å². The number of carbonyl (C=O) groups excluding carboxylic acids is 1. The smallest absolute Gasteiger partial charge is 0.338 e. The van der Waals surface area contributed by atoms with Gasteiger partial charge in [0.1, 0.15) is 0 Å². The first kappa shape index (κ1) is 13.5. The van der Waals surface area contributed by atoms with Gasteiger partial charge in [-0.3, -0.25) is 0 Å². The van der Waals surface area contributed by atoms with Gasteiger partial charge in [0.25, 0.3) is 0 Å². The Morgan fingerprint density at radius 2 is 2.12 bits per heavy atom. The standard InChI is InChI=1S/C13H14ClNO2/c1-3-9-5-10(7-14)11(8-15)6-12(9)13(16)17-4-2/h5-6H,3-4,7H2,1-2H3. The lowest BCUT2D eigenvalue weighted by atomic mass is 9.98. The van der Waals surface area contributed by atoms with E-state index in [1.165, 1.54) is 0 Å². The summed E-state index contributed by atoms with van der Waals surface area (Å²) < 4.78 is 4.96. The second-order valence-corrected chi connectivity index (χ2v) is 3.75. The van der Waals surface area contributed by atoms with Gasteiger partial charge in [-0.2, -0.15) is 5.26 Å². The van der Waals surface area contributed by atoms with E-state index in [9.17, 15) is 4.79 Å². The number of nitrogens with zero attached hydrogens (tertiary/aromatic N) is 1. The molecule has 0 radical (unpaired) electrons. The SMILES string of the molecule is CCOC(=O)c1cc(C#N)c(CCl)cc1CC. The van der Waals surface area contributed by atoms with Gasteiger partial charge < -0.3 is 4.74 Å². The quantitative estimate of drug-likeness (QED) is 0.610. The van der Waals surface area contributed by atoms with E-state index in [4.69, 9.17) is 21.6 Å². The van der Waals surface area contributed by atoms with Gasteiger partial charge in [-0.1, -0.05) is 13.0 Å². The fraction of sp³-hybridized carbons (Fsp3) is 0.385. The van der Waals surface area contributed by atoms with Crippen LogP contribution in [0.3, 0.4) is 0 Å². The minimum absolute atomic E-state index is 0.263. The van der Waals surface area contributed by atoms with E-state index in [1.807, 2.05) is 13.0 Å². The van der Waals surface area contributed by atoms with Crippen molar-refractivity contribution in [2.45, 2.75) is 26.1 Å². The Bertz CT molecular complexity index is 463. The summed E-state index contributed by atoms with van der Waals surface area (Å²) in [6, 6.07) is 5.41. The Labute approximate surface area is 106 Å². The van der Waals surface area contributed by atoms with Crippen LogP contribution in [0.2, 0.25) is 0 Å². The van der Waals surface area contributed by atoms with E-state index >= 15 is 0 Å². The predicted molar refractivity (Wildman–Crippen MR) is 66.0 cm³/mol. The minimum atomic E-state index is -0.387. The fourth-order valence-corrected chi connectivity index (χ4v) is 1.82. The first-order valence-electron chi connectivity index (χ1n) is 5.46. The summed E-state index contributed by atoms with van der Waals surface area (Å²) >= 11 is 5.77. The molecule has 3 nitrogen and oxygen atoms in total. The number of halogens is 1. The van der Waals surface area contributed by atoms with Crippen molar-refractivity contribution >= 4 is 17.6 Å². The number of hydrogen-bond donors (Lipinski definition) is 0. The lowest BCUT2D eigenvalue weighted by Crippen LogP contribution is -2.09. The summed E-state index contributed by atoms with van der Waals surface area (Å²) in [5, 5.41) is 8.99. The molecule has 0 heterocycles. The number of esters is 1. The zero-order chi connectivity index (χ0) is 12.8. The largest absolute Gasteiger partial charge is 0.462 e. The first-order valence-corrected chi connectivity index (χ1v) is 6.00. The van der Waals surface area contributed by atoms with Crippen molar-refractivity contribution in [3.8, 4) is 6.07 Å². The van der Waals surface area contributed by atoms with Gasteiger partial charge in [-0.15, -0.1) is 11.6 Å². The summed E-state index contributed by atoms with van der Waals surface area (Å²) in [5.41, 5.74) is 2.50. The summed E-state index contributed by atoms with van der Waals surface area (Å²) in [7, 11) is 0. The van der Waals surface area contributed by atoms with Gasteiger partial charge in [0.2, 0.25) is 0 Å². The van der Waals surface area contributed by atoms with Gasteiger partial charge in [0.15, 0.2) is 0 Å². The molecule has 1 aromatic carbocycles. The average Bonchev–Trinajstić information content (AvgIpc) is 2.37. The van der Waals surface area contributed by atoms with Gasteiger partial charge >= 0.3 is 5.97 Å². The van der Waals surface area contributed by atoms with E-state index in [-0.39, 0.29) is 11.8 Å². The van der Waals surface area contributed by atoms with Gasteiger partial charge in [-0.05, 0) is 30.5 Å². The molecular weight excluding hydrogens is 238 g/mol. The maximum absolute atomic E-state index is 11.7. The second-order valence-electron chi connectivity index (χ2n) is 3.49. The monoisotopic (exact) mass is 251 g/mol. The maximum Gasteiger partial charge on any atom is 0.338 e. The zero-order valence-corrected chi connectivity index (χ0v) is 10.7. The summed E-state index contributed by atoms with van der Waals surface area (Å²) in [4.78, 5) is 11.7. The van der Waals surface area contributed by atoms with Crippen LogP contribution < -0.4 is 0 Å². The molecule has 0 saturated carbocycles. The molecule has 4 heteroatoms. The molecule has 0 aliphatic rings. The Hall–Kier alpha value is -1.53. The molecule has 0 unspecified atom stereocenters. The lowest BCUT2D eigenvalue weighted by molar-refractivity contribution is 0.0525. The van der Waals surface area contributed by atoms with Crippen LogP contribution >= 0.6 is 11.6 Å². The highest BCUT2D eigenvalue weighted by atomic mass is 35.5. The number of rotatable bonds is 4. The molecule has 1 aromatic rings. The van der Waals surface area contributed by atoms with Crippen molar-refractivity contribution in [1.29, 1.82) is 5.26 Å². The Morgan fingerprint density at radius 1 is 1.41 bits per heavy atom. The molecule has 0 aromatic heterocycles. The minimum Gasteiger partial charge on any atom is -0.462 e. The number of hydrogen-bond acceptors (Lipinski definition) is 3. The highest BCUT2D eigenvalue weighted by Gasteiger charge is 2.15. The topological polar surface area (TPSA) is 50.1 Å². The third kappa shape index (κ3) is 2.98. The molecule has 0 fully saturated rings. The number of nitriles is 1. The lowest BCUT2D eigenvalue weighted by Gasteiger charge is -2.10. The van der Waals surface area contributed by atoms with Crippen LogP contribution in [0.4, 0.5) is 0 Å². The highest BCUT2D eigenvalue weighted by molar-refractivity contribution is 6.17. The third-order valence-electron chi connectivity index (χ3n) is 2.47. The van der Waals surface area contributed by atoms with Gasteiger partial charge in [-0.25, -0.2) is 4.79 Å². The van der Waals surface area contributed by atoms with Crippen LogP contribution in [0.1, 0.15) is 40.9 Å².